The molecule has 134 valence electrons. The van der Waals surface area contributed by atoms with Gasteiger partial charge in [0.15, 0.2) is 0 Å². The number of hydrazone groups is 1. The Bertz CT molecular complexity index is 794. The SMILES string of the molecule is C/C(=N\NC(=O)CCc1ccccc1)c1ccc(NC(=O)C2CC2)cc1. The number of benzene rings is 2. The average Bonchev–Trinajstić information content (AvgIpc) is 3.51. The van der Waals surface area contributed by atoms with Crippen molar-refractivity contribution in [3.05, 3.63) is 65.7 Å². The smallest absolute Gasteiger partial charge is 0.240 e. The first-order valence-electron chi connectivity index (χ1n) is 8.90. The highest BCUT2D eigenvalue weighted by molar-refractivity contribution is 6.00. The number of hydrogen-bond donors (Lipinski definition) is 2. The van der Waals surface area contributed by atoms with Gasteiger partial charge in [-0.1, -0.05) is 42.5 Å². The second-order valence-corrected chi connectivity index (χ2v) is 6.56. The lowest BCUT2D eigenvalue weighted by atomic mass is 10.1. The van der Waals surface area contributed by atoms with Crippen LogP contribution in [-0.4, -0.2) is 17.5 Å². The van der Waals surface area contributed by atoms with E-state index in [1.165, 1.54) is 0 Å². The quantitative estimate of drug-likeness (QED) is 0.593. The summed E-state index contributed by atoms with van der Waals surface area (Å²) in [6, 6.07) is 17.4. The van der Waals surface area contributed by atoms with Gasteiger partial charge in [-0.05, 0) is 49.4 Å². The van der Waals surface area contributed by atoms with Crippen molar-refractivity contribution >= 4 is 23.2 Å². The van der Waals surface area contributed by atoms with Crippen LogP contribution >= 0.6 is 0 Å². The lowest BCUT2D eigenvalue weighted by Gasteiger charge is -2.06. The highest BCUT2D eigenvalue weighted by Crippen LogP contribution is 2.30. The van der Waals surface area contributed by atoms with Crippen molar-refractivity contribution < 1.29 is 9.59 Å². The monoisotopic (exact) mass is 349 g/mol. The van der Waals surface area contributed by atoms with Gasteiger partial charge in [-0.15, -0.1) is 0 Å². The van der Waals surface area contributed by atoms with E-state index in [2.05, 4.69) is 15.8 Å². The van der Waals surface area contributed by atoms with Crippen LogP contribution in [0.2, 0.25) is 0 Å². The summed E-state index contributed by atoms with van der Waals surface area (Å²) in [5.41, 5.74) is 6.14. The zero-order valence-electron chi connectivity index (χ0n) is 14.9. The van der Waals surface area contributed by atoms with Gasteiger partial charge in [-0.2, -0.15) is 5.10 Å². The molecule has 5 nitrogen and oxygen atoms in total. The van der Waals surface area contributed by atoms with Gasteiger partial charge < -0.3 is 5.32 Å². The fourth-order valence-electron chi connectivity index (χ4n) is 2.55. The maximum absolute atomic E-state index is 11.9. The van der Waals surface area contributed by atoms with Crippen molar-refractivity contribution in [2.24, 2.45) is 11.0 Å². The van der Waals surface area contributed by atoms with Crippen LogP contribution in [0.5, 0.6) is 0 Å². The van der Waals surface area contributed by atoms with E-state index in [0.717, 1.165) is 35.4 Å². The zero-order valence-corrected chi connectivity index (χ0v) is 14.9. The molecule has 0 saturated heterocycles. The average molecular weight is 349 g/mol. The van der Waals surface area contributed by atoms with Crippen molar-refractivity contribution in [2.75, 3.05) is 5.32 Å². The minimum atomic E-state index is -0.110. The number of nitrogens with zero attached hydrogens (tertiary/aromatic N) is 1. The van der Waals surface area contributed by atoms with Crippen LogP contribution in [0.25, 0.3) is 0 Å². The van der Waals surface area contributed by atoms with Crippen LogP contribution in [0.15, 0.2) is 59.7 Å². The predicted octanol–water partition coefficient (Wildman–Crippen LogP) is 3.51. The molecular weight excluding hydrogens is 326 g/mol. The molecule has 1 saturated carbocycles. The summed E-state index contributed by atoms with van der Waals surface area (Å²) in [5, 5.41) is 7.07. The van der Waals surface area contributed by atoms with Gasteiger partial charge in [0.05, 0.1) is 5.71 Å². The first-order chi connectivity index (χ1) is 12.6. The summed E-state index contributed by atoms with van der Waals surface area (Å²) in [7, 11) is 0. The summed E-state index contributed by atoms with van der Waals surface area (Å²) in [5.74, 6) is 0.166. The molecule has 0 spiro atoms. The Hall–Kier alpha value is -2.95. The molecule has 0 unspecified atom stereocenters. The van der Waals surface area contributed by atoms with Gasteiger partial charge >= 0.3 is 0 Å². The van der Waals surface area contributed by atoms with E-state index in [1.807, 2.05) is 61.5 Å². The maximum Gasteiger partial charge on any atom is 0.240 e. The van der Waals surface area contributed by atoms with Crippen molar-refractivity contribution in [1.29, 1.82) is 0 Å². The van der Waals surface area contributed by atoms with E-state index in [9.17, 15) is 9.59 Å². The van der Waals surface area contributed by atoms with Gasteiger partial charge in [0, 0.05) is 18.0 Å². The van der Waals surface area contributed by atoms with Crippen LogP contribution in [0.1, 0.15) is 37.3 Å². The number of carbonyl (C=O) groups is 2. The molecular formula is C21H23N3O2. The number of amides is 2. The number of nitrogens with one attached hydrogen (secondary N) is 2. The van der Waals surface area contributed by atoms with E-state index >= 15 is 0 Å². The van der Waals surface area contributed by atoms with Gasteiger partial charge in [0.25, 0.3) is 0 Å². The number of hydrogen-bond acceptors (Lipinski definition) is 3. The van der Waals surface area contributed by atoms with Crippen molar-refractivity contribution in [2.45, 2.75) is 32.6 Å². The maximum atomic E-state index is 11.9. The van der Waals surface area contributed by atoms with Crippen molar-refractivity contribution in [1.82, 2.24) is 5.43 Å². The Balaban J connectivity index is 1.48. The molecule has 3 rings (SSSR count). The second kappa shape index (κ2) is 8.43. The van der Waals surface area contributed by atoms with Crippen LogP contribution in [-0.2, 0) is 16.0 Å². The zero-order chi connectivity index (χ0) is 18.4. The molecule has 2 aromatic carbocycles. The molecule has 1 aliphatic rings. The third-order valence-corrected chi connectivity index (χ3v) is 4.35. The Labute approximate surface area is 153 Å². The molecule has 0 radical (unpaired) electrons. The Kier molecular flexibility index (Phi) is 5.79. The number of rotatable bonds is 7. The summed E-state index contributed by atoms with van der Waals surface area (Å²) >= 11 is 0. The summed E-state index contributed by atoms with van der Waals surface area (Å²) in [6.45, 7) is 1.84. The minimum absolute atomic E-state index is 0.0915. The lowest BCUT2D eigenvalue weighted by Crippen LogP contribution is -2.19. The molecule has 1 fully saturated rings. The molecule has 1 aliphatic carbocycles. The third-order valence-electron chi connectivity index (χ3n) is 4.35. The van der Waals surface area contributed by atoms with Gasteiger partial charge in [-0.3, -0.25) is 9.59 Å². The Morgan fingerprint density at radius 3 is 2.38 bits per heavy atom. The van der Waals surface area contributed by atoms with E-state index in [4.69, 9.17) is 0 Å². The Morgan fingerprint density at radius 1 is 1.04 bits per heavy atom. The largest absolute Gasteiger partial charge is 0.326 e. The molecule has 0 bridgehead atoms. The van der Waals surface area contributed by atoms with Crippen LogP contribution in [0.4, 0.5) is 5.69 Å². The Morgan fingerprint density at radius 2 is 1.73 bits per heavy atom. The summed E-state index contributed by atoms with van der Waals surface area (Å²) < 4.78 is 0. The first-order valence-corrected chi connectivity index (χ1v) is 8.90. The topological polar surface area (TPSA) is 70.6 Å². The molecule has 0 aromatic heterocycles. The molecule has 2 N–H and O–H groups in total. The number of anilines is 1. The van der Waals surface area contributed by atoms with Crippen molar-refractivity contribution in [3.63, 3.8) is 0 Å². The molecule has 2 amide bonds. The fraction of sp³-hybridized carbons (Fsp3) is 0.286. The fourth-order valence-corrected chi connectivity index (χ4v) is 2.55. The van der Waals surface area contributed by atoms with E-state index in [1.54, 1.807) is 0 Å². The summed E-state index contributed by atoms with van der Waals surface area (Å²) in [4.78, 5) is 23.7. The highest BCUT2D eigenvalue weighted by atomic mass is 16.2. The first kappa shape index (κ1) is 17.9. The highest BCUT2D eigenvalue weighted by Gasteiger charge is 2.29. The third kappa shape index (κ3) is 5.28. The number of aryl methyl sites for hydroxylation is 1. The van der Waals surface area contributed by atoms with E-state index < -0.39 is 0 Å². The van der Waals surface area contributed by atoms with Gasteiger partial charge in [0.1, 0.15) is 0 Å². The van der Waals surface area contributed by atoms with Crippen molar-refractivity contribution in [3.8, 4) is 0 Å². The standard InChI is InChI=1S/C21H23N3O2/c1-15(23-24-20(25)14-7-16-5-3-2-4-6-16)17-10-12-19(13-11-17)22-21(26)18-8-9-18/h2-6,10-13,18H,7-9,14H2,1H3,(H,22,26)(H,24,25)/b23-15+. The molecule has 5 heteroatoms. The van der Waals surface area contributed by atoms with Crippen LogP contribution in [0, 0.1) is 5.92 Å². The normalized spacial score (nSPS) is 14.0. The lowest BCUT2D eigenvalue weighted by molar-refractivity contribution is -0.121. The molecule has 26 heavy (non-hydrogen) atoms. The number of carbonyl (C=O) groups excluding carboxylic acids is 2. The van der Waals surface area contributed by atoms with E-state index in [-0.39, 0.29) is 17.7 Å². The molecule has 2 aromatic rings. The van der Waals surface area contributed by atoms with Gasteiger partial charge in [-0.25, -0.2) is 5.43 Å². The van der Waals surface area contributed by atoms with E-state index in [0.29, 0.717) is 12.8 Å². The van der Waals surface area contributed by atoms with Crippen LogP contribution in [0.3, 0.4) is 0 Å². The van der Waals surface area contributed by atoms with Crippen LogP contribution < -0.4 is 10.7 Å². The second-order valence-electron chi connectivity index (χ2n) is 6.56. The molecule has 0 aliphatic heterocycles. The predicted molar refractivity (Wildman–Crippen MR) is 103 cm³/mol. The van der Waals surface area contributed by atoms with Gasteiger partial charge in [0.2, 0.25) is 11.8 Å². The minimum Gasteiger partial charge on any atom is -0.326 e. The molecule has 0 atom stereocenters. The summed E-state index contributed by atoms with van der Waals surface area (Å²) in [6.07, 6.45) is 3.06. The molecule has 0 heterocycles.